The zero-order valence-electron chi connectivity index (χ0n) is 11.5. The average molecular weight is 265 g/mol. The van der Waals surface area contributed by atoms with Crippen LogP contribution in [0.5, 0.6) is 0 Å². The van der Waals surface area contributed by atoms with Gasteiger partial charge in [-0.3, -0.25) is 0 Å². The number of nitrogen functional groups attached to an aromatic ring is 1. The summed E-state index contributed by atoms with van der Waals surface area (Å²) in [6, 6.07) is 0. The third-order valence-electron chi connectivity index (χ3n) is 3.10. The quantitative estimate of drug-likeness (QED) is 0.926. The van der Waals surface area contributed by atoms with Crippen molar-refractivity contribution < 1.29 is 4.74 Å². The van der Waals surface area contributed by atoms with Crippen LogP contribution < -0.4 is 5.73 Å². The van der Waals surface area contributed by atoms with Crippen molar-refractivity contribution in [2.45, 2.75) is 40.2 Å². The van der Waals surface area contributed by atoms with Gasteiger partial charge in [0.2, 0.25) is 0 Å². The minimum Gasteiger partial charge on any atom is -0.383 e. The SMILES string of the molecule is CCOC(C)(C)c1nc(N)c2c(C)c(C)sc2n1. The summed E-state index contributed by atoms with van der Waals surface area (Å²) in [7, 11) is 0. The Balaban J connectivity index is 2.63. The van der Waals surface area contributed by atoms with Gasteiger partial charge in [0.05, 0.1) is 5.39 Å². The Morgan fingerprint density at radius 1 is 1.28 bits per heavy atom. The van der Waals surface area contributed by atoms with E-state index in [-0.39, 0.29) is 0 Å². The average Bonchev–Trinajstić information content (AvgIpc) is 2.55. The van der Waals surface area contributed by atoms with Gasteiger partial charge in [0, 0.05) is 11.5 Å². The van der Waals surface area contributed by atoms with E-state index in [9.17, 15) is 0 Å². The highest BCUT2D eigenvalue weighted by Gasteiger charge is 2.26. The number of nitrogens with two attached hydrogens (primary N) is 1. The summed E-state index contributed by atoms with van der Waals surface area (Å²) in [5, 5.41) is 0.980. The van der Waals surface area contributed by atoms with Crippen molar-refractivity contribution >= 4 is 27.4 Å². The van der Waals surface area contributed by atoms with Gasteiger partial charge in [0.15, 0.2) is 5.82 Å². The monoisotopic (exact) mass is 265 g/mol. The summed E-state index contributed by atoms with van der Waals surface area (Å²) in [5.41, 5.74) is 6.73. The summed E-state index contributed by atoms with van der Waals surface area (Å²) < 4.78 is 5.68. The molecule has 2 rings (SSSR count). The fourth-order valence-electron chi connectivity index (χ4n) is 1.98. The van der Waals surface area contributed by atoms with E-state index in [1.165, 1.54) is 10.4 Å². The van der Waals surface area contributed by atoms with Crippen LogP contribution in [-0.4, -0.2) is 16.6 Å². The molecule has 0 saturated heterocycles. The molecule has 18 heavy (non-hydrogen) atoms. The predicted molar refractivity (Wildman–Crippen MR) is 76.0 cm³/mol. The standard InChI is InChI=1S/C13H19N3OS/c1-6-17-13(4,5)12-15-10(14)9-7(2)8(3)18-11(9)16-12/h6H2,1-5H3,(H2,14,15,16). The lowest BCUT2D eigenvalue weighted by Crippen LogP contribution is -2.25. The van der Waals surface area contributed by atoms with Gasteiger partial charge in [-0.2, -0.15) is 0 Å². The second kappa shape index (κ2) is 4.48. The van der Waals surface area contributed by atoms with E-state index in [1.54, 1.807) is 11.3 Å². The van der Waals surface area contributed by atoms with Crippen molar-refractivity contribution in [1.29, 1.82) is 0 Å². The van der Waals surface area contributed by atoms with Crippen LogP contribution in [-0.2, 0) is 10.3 Å². The molecule has 0 unspecified atom stereocenters. The molecule has 0 fully saturated rings. The molecule has 0 radical (unpaired) electrons. The van der Waals surface area contributed by atoms with Gasteiger partial charge in [-0.25, -0.2) is 9.97 Å². The first-order valence-electron chi connectivity index (χ1n) is 6.04. The van der Waals surface area contributed by atoms with Crippen molar-refractivity contribution in [3.63, 3.8) is 0 Å². The molecule has 0 aromatic carbocycles. The lowest BCUT2D eigenvalue weighted by Gasteiger charge is -2.23. The molecule has 0 atom stereocenters. The highest BCUT2D eigenvalue weighted by molar-refractivity contribution is 7.18. The Labute approximate surface area is 111 Å². The van der Waals surface area contributed by atoms with Crippen molar-refractivity contribution in [2.24, 2.45) is 0 Å². The third kappa shape index (κ3) is 2.08. The zero-order chi connectivity index (χ0) is 13.5. The molecule has 4 nitrogen and oxygen atoms in total. The highest BCUT2D eigenvalue weighted by atomic mass is 32.1. The van der Waals surface area contributed by atoms with E-state index in [0.29, 0.717) is 18.2 Å². The first-order chi connectivity index (χ1) is 8.36. The Bertz CT molecular complexity index is 589. The summed E-state index contributed by atoms with van der Waals surface area (Å²) in [5.74, 6) is 1.19. The molecule has 0 saturated carbocycles. The Hall–Kier alpha value is -1.20. The number of hydrogen-bond donors (Lipinski definition) is 1. The molecule has 5 heteroatoms. The van der Waals surface area contributed by atoms with Crippen molar-refractivity contribution in [2.75, 3.05) is 12.3 Å². The van der Waals surface area contributed by atoms with Crippen LogP contribution in [0.3, 0.4) is 0 Å². The number of nitrogens with zero attached hydrogens (tertiary/aromatic N) is 2. The molecule has 2 aromatic heterocycles. The lowest BCUT2D eigenvalue weighted by atomic mass is 10.1. The second-order valence-corrected chi connectivity index (χ2v) is 6.04. The van der Waals surface area contributed by atoms with Gasteiger partial charge in [0.1, 0.15) is 16.2 Å². The van der Waals surface area contributed by atoms with E-state index in [0.717, 1.165) is 10.2 Å². The topological polar surface area (TPSA) is 61.0 Å². The largest absolute Gasteiger partial charge is 0.383 e. The molecule has 0 bridgehead atoms. The summed E-state index contributed by atoms with van der Waals surface area (Å²) in [6.45, 7) is 10.6. The summed E-state index contributed by atoms with van der Waals surface area (Å²) in [4.78, 5) is 11.2. The molecule has 98 valence electrons. The maximum absolute atomic E-state index is 6.06. The van der Waals surface area contributed by atoms with Crippen LogP contribution in [0.1, 0.15) is 37.0 Å². The molecule has 0 spiro atoms. The van der Waals surface area contributed by atoms with E-state index < -0.39 is 5.60 Å². The van der Waals surface area contributed by atoms with Gasteiger partial charge in [-0.15, -0.1) is 11.3 Å². The maximum atomic E-state index is 6.06. The van der Waals surface area contributed by atoms with Crippen LogP contribution in [0.15, 0.2) is 0 Å². The van der Waals surface area contributed by atoms with Gasteiger partial charge >= 0.3 is 0 Å². The molecule has 0 aliphatic rings. The first kappa shape index (κ1) is 13.2. The number of aromatic nitrogens is 2. The Morgan fingerprint density at radius 2 is 1.94 bits per heavy atom. The molecule has 0 aliphatic carbocycles. The van der Waals surface area contributed by atoms with Crippen molar-refractivity contribution in [3.05, 3.63) is 16.3 Å². The predicted octanol–water partition coefficient (Wildman–Crippen LogP) is 3.16. The minimum atomic E-state index is -0.511. The lowest BCUT2D eigenvalue weighted by molar-refractivity contribution is -0.0204. The Morgan fingerprint density at radius 3 is 2.56 bits per heavy atom. The van der Waals surface area contributed by atoms with Crippen LogP contribution in [0.4, 0.5) is 5.82 Å². The molecule has 2 N–H and O–H groups in total. The normalized spacial score (nSPS) is 12.3. The number of anilines is 1. The minimum absolute atomic E-state index is 0.511. The molecule has 2 aromatic rings. The summed E-state index contributed by atoms with van der Waals surface area (Å²) in [6.07, 6.45) is 0. The fraction of sp³-hybridized carbons (Fsp3) is 0.538. The van der Waals surface area contributed by atoms with Crippen LogP contribution >= 0.6 is 11.3 Å². The number of hydrogen-bond acceptors (Lipinski definition) is 5. The number of ether oxygens (including phenoxy) is 1. The van der Waals surface area contributed by atoms with E-state index in [4.69, 9.17) is 10.5 Å². The molecule has 0 amide bonds. The fourth-order valence-corrected chi connectivity index (χ4v) is 3.01. The molecule has 2 heterocycles. The van der Waals surface area contributed by atoms with E-state index in [1.807, 2.05) is 20.8 Å². The number of fused-ring (bicyclic) bond motifs is 1. The highest BCUT2D eigenvalue weighted by Crippen LogP contribution is 2.34. The van der Waals surface area contributed by atoms with E-state index >= 15 is 0 Å². The van der Waals surface area contributed by atoms with E-state index in [2.05, 4.69) is 23.8 Å². The summed E-state index contributed by atoms with van der Waals surface area (Å²) >= 11 is 1.65. The molecular weight excluding hydrogens is 246 g/mol. The van der Waals surface area contributed by atoms with Crippen LogP contribution in [0.25, 0.3) is 10.2 Å². The smallest absolute Gasteiger partial charge is 0.163 e. The van der Waals surface area contributed by atoms with Gasteiger partial charge in [-0.1, -0.05) is 0 Å². The molecular formula is C13H19N3OS. The van der Waals surface area contributed by atoms with Gasteiger partial charge < -0.3 is 10.5 Å². The Kier molecular flexibility index (Phi) is 3.29. The van der Waals surface area contributed by atoms with Crippen molar-refractivity contribution in [3.8, 4) is 0 Å². The van der Waals surface area contributed by atoms with Gasteiger partial charge in [0.25, 0.3) is 0 Å². The van der Waals surface area contributed by atoms with Crippen molar-refractivity contribution in [1.82, 2.24) is 9.97 Å². The maximum Gasteiger partial charge on any atom is 0.163 e. The zero-order valence-corrected chi connectivity index (χ0v) is 12.3. The first-order valence-corrected chi connectivity index (χ1v) is 6.86. The third-order valence-corrected chi connectivity index (χ3v) is 4.20. The van der Waals surface area contributed by atoms with Gasteiger partial charge in [-0.05, 0) is 40.2 Å². The van der Waals surface area contributed by atoms with Crippen LogP contribution in [0.2, 0.25) is 0 Å². The number of thiophene rings is 1. The second-order valence-electron chi connectivity index (χ2n) is 4.84. The number of aryl methyl sites for hydroxylation is 2. The number of rotatable bonds is 3. The molecule has 0 aliphatic heterocycles. The van der Waals surface area contributed by atoms with Crippen LogP contribution in [0, 0.1) is 13.8 Å².